The Morgan fingerprint density at radius 1 is 1.40 bits per heavy atom. The summed E-state index contributed by atoms with van der Waals surface area (Å²) in [4.78, 5) is 11.0. The van der Waals surface area contributed by atoms with Crippen LogP contribution in [0.25, 0.3) is 0 Å². The molecule has 0 aromatic carbocycles. The minimum Gasteiger partial charge on any atom is -0.462 e. The van der Waals surface area contributed by atoms with Crippen LogP contribution in [0.4, 0.5) is 0 Å². The first-order valence-electron chi connectivity index (χ1n) is 5.52. The summed E-state index contributed by atoms with van der Waals surface area (Å²) in [6.07, 6.45) is 3.25. The molecule has 0 aliphatic rings. The third kappa shape index (κ3) is 8.18. The van der Waals surface area contributed by atoms with Gasteiger partial charge in [-0.15, -0.1) is 0 Å². The van der Waals surface area contributed by atoms with Crippen LogP contribution in [-0.2, 0) is 14.3 Å². The van der Waals surface area contributed by atoms with Crippen LogP contribution in [-0.4, -0.2) is 25.3 Å². The minimum absolute atomic E-state index is 0.298. The van der Waals surface area contributed by atoms with Gasteiger partial charge in [0.05, 0.1) is 19.3 Å². The summed E-state index contributed by atoms with van der Waals surface area (Å²) in [5.41, 5.74) is 0.440. The lowest BCUT2D eigenvalue weighted by Gasteiger charge is -2.11. The Morgan fingerprint density at radius 3 is 2.60 bits per heavy atom. The number of esters is 1. The molecule has 0 aromatic heterocycles. The van der Waals surface area contributed by atoms with Crippen LogP contribution in [0, 0.1) is 0 Å². The summed E-state index contributed by atoms with van der Waals surface area (Å²) in [6, 6.07) is 0. The normalized spacial score (nSPS) is 12.2. The lowest BCUT2D eigenvalue weighted by atomic mass is 10.2. The average molecular weight is 214 g/mol. The fourth-order valence-corrected chi connectivity index (χ4v) is 1.12. The Kier molecular flexibility index (Phi) is 8.01. The Balaban J connectivity index is 3.32. The second kappa shape index (κ2) is 8.48. The molecule has 1 atom stereocenters. The van der Waals surface area contributed by atoms with Gasteiger partial charge >= 0.3 is 5.97 Å². The zero-order chi connectivity index (χ0) is 11.7. The average Bonchev–Trinajstić information content (AvgIpc) is 2.17. The van der Waals surface area contributed by atoms with Crippen molar-refractivity contribution >= 4 is 5.97 Å². The van der Waals surface area contributed by atoms with Gasteiger partial charge in [0.15, 0.2) is 0 Å². The van der Waals surface area contributed by atoms with Crippen LogP contribution in [0.3, 0.4) is 0 Å². The molecule has 0 aromatic rings. The van der Waals surface area contributed by atoms with Crippen LogP contribution in [0.5, 0.6) is 0 Å². The molecule has 0 rings (SSSR count). The molecule has 3 heteroatoms. The summed E-state index contributed by atoms with van der Waals surface area (Å²) in [5, 5.41) is 0. The highest BCUT2D eigenvalue weighted by Crippen LogP contribution is 2.01. The van der Waals surface area contributed by atoms with E-state index in [4.69, 9.17) is 9.47 Å². The van der Waals surface area contributed by atoms with Crippen molar-refractivity contribution in [2.75, 3.05) is 13.2 Å². The number of rotatable bonds is 8. The monoisotopic (exact) mass is 214 g/mol. The van der Waals surface area contributed by atoms with Crippen molar-refractivity contribution in [3.05, 3.63) is 12.2 Å². The molecule has 0 aliphatic carbocycles. The molecular formula is C12H22O3. The van der Waals surface area contributed by atoms with Crippen molar-refractivity contribution in [2.45, 2.75) is 46.1 Å². The molecular weight excluding hydrogens is 192 g/mol. The number of carbonyl (C=O) groups is 1. The van der Waals surface area contributed by atoms with Gasteiger partial charge in [0.1, 0.15) is 0 Å². The highest BCUT2D eigenvalue weighted by atomic mass is 16.5. The Bertz CT molecular complexity index is 199. The van der Waals surface area contributed by atoms with Crippen molar-refractivity contribution in [2.24, 2.45) is 0 Å². The first-order chi connectivity index (χ1) is 7.07. The zero-order valence-electron chi connectivity index (χ0n) is 10.0. The Hall–Kier alpha value is -0.830. The zero-order valence-corrected chi connectivity index (χ0v) is 10.0. The molecule has 0 saturated heterocycles. The molecule has 0 N–H and O–H groups in total. The molecule has 0 fully saturated rings. The SMILES string of the molecule is C=C(C)C(=O)OCCCOC(C)CCC. The highest BCUT2D eigenvalue weighted by Gasteiger charge is 2.03. The topological polar surface area (TPSA) is 35.5 Å². The van der Waals surface area contributed by atoms with Gasteiger partial charge in [0.2, 0.25) is 0 Å². The third-order valence-corrected chi connectivity index (χ3v) is 1.97. The number of carbonyl (C=O) groups excluding carboxylic acids is 1. The lowest BCUT2D eigenvalue weighted by Crippen LogP contribution is -2.12. The van der Waals surface area contributed by atoms with E-state index in [1.165, 1.54) is 0 Å². The van der Waals surface area contributed by atoms with E-state index in [0.29, 0.717) is 24.9 Å². The van der Waals surface area contributed by atoms with Gasteiger partial charge < -0.3 is 9.47 Å². The summed E-state index contributed by atoms with van der Waals surface area (Å²) >= 11 is 0. The van der Waals surface area contributed by atoms with Crippen LogP contribution < -0.4 is 0 Å². The van der Waals surface area contributed by atoms with Crippen molar-refractivity contribution < 1.29 is 14.3 Å². The smallest absolute Gasteiger partial charge is 0.333 e. The Morgan fingerprint density at radius 2 is 2.07 bits per heavy atom. The molecule has 0 radical (unpaired) electrons. The van der Waals surface area contributed by atoms with Gasteiger partial charge in [-0.2, -0.15) is 0 Å². The molecule has 0 bridgehead atoms. The van der Waals surface area contributed by atoms with Crippen molar-refractivity contribution in [1.82, 2.24) is 0 Å². The maximum Gasteiger partial charge on any atom is 0.333 e. The van der Waals surface area contributed by atoms with Crippen LogP contribution in [0.1, 0.15) is 40.0 Å². The van der Waals surface area contributed by atoms with E-state index >= 15 is 0 Å². The highest BCUT2D eigenvalue weighted by molar-refractivity contribution is 5.86. The van der Waals surface area contributed by atoms with E-state index in [0.717, 1.165) is 19.3 Å². The van der Waals surface area contributed by atoms with Crippen molar-refractivity contribution in [1.29, 1.82) is 0 Å². The lowest BCUT2D eigenvalue weighted by molar-refractivity contribution is -0.139. The summed E-state index contributed by atoms with van der Waals surface area (Å²) in [5.74, 6) is -0.323. The van der Waals surface area contributed by atoms with Crippen LogP contribution in [0.2, 0.25) is 0 Å². The Labute approximate surface area is 92.5 Å². The van der Waals surface area contributed by atoms with Gasteiger partial charge in [-0.3, -0.25) is 0 Å². The summed E-state index contributed by atoms with van der Waals surface area (Å²) in [7, 11) is 0. The minimum atomic E-state index is -0.323. The third-order valence-electron chi connectivity index (χ3n) is 1.97. The first-order valence-corrected chi connectivity index (χ1v) is 5.52. The van der Waals surface area contributed by atoms with Gasteiger partial charge in [0.25, 0.3) is 0 Å². The molecule has 0 saturated carbocycles. The summed E-state index contributed by atoms with van der Waals surface area (Å²) < 4.78 is 10.4. The predicted octanol–water partition coefficient (Wildman–Crippen LogP) is 2.70. The first kappa shape index (κ1) is 14.2. The predicted molar refractivity (Wildman–Crippen MR) is 60.7 cm³/mol. The number of hydrogen-bond donors (Lipinski definition) is 0. The maximum atomic E-state index is 11.0. The largest absolute Gasteiger partial charge is 0.462 e. The van der Waals surface area contributed by atoms with E-state index in [1.54, 1.807) is 6.92 Å². The standard InChI is InChI=1S/C12H22O3/c1-5-7-11(4)14-8-6-9-15-12(13)10(2)3/h11H,2,5-9H2,1,3-4H3. The molecule has 0 spiro atoms. The molecule has 3 nitrogen and oxygen atoms in total. The second-order valence-electron chi connectivity index (χ2n) is 3.74. The maximum absolute atomic E-state index is 11.0. The molecule has 15 heavy (non-hydrogen) atoms. The molecule has 1 unspecified atom stereocenters. The van der Waals surface area contributed by atoms with Crippen LogP contribution in [0.15, 0.2) is 12.2 Å². The van der Waals surface area contributed by atoms with E-state index in [1.807, 2.05) is 0 Å². The quantitative estimate of drug-likeness (QED) is 0.354. The van der Waals surface area contributed by atoms with Crippen molar-refractivity contribution in [3.8, 4) is 0 Å². The van der Waals surface area contributed by atoms with Gasteiger partial charge in [0, 0.05) is 12.0 Å². The van der Waals surface area contributed by atoms with E-state index in [2.05, 4.69) is 20.4 Å². The van der Waals surface area contributed by atoms with Gasteiger partial charge in [-0.1, -0.05) is 19.9 Å². The fraction of sp³-hybridized carbons (Fsp3) is 0.750. The molecule has 0 amide bonds. The molecule has 88 valence electrons. The molecule has 0 aliphatic heterocycles. The summed E-state index contributed by atoms with van der Waals surface area (Å²) in [6.45, 7) is 10.4. The van der Waals surface area contributed by atoms with Crippen molar-refractivity contribution in [3.63, 3.8) is 0 Å². The van der Waals surface area contributed by atoms with Gasteiger partial charge in [-0.05, 0) is 20.3 Å². The second-order valence-corrected chi connectivity index (χ2v) is 3.74. The fourth-order valence-electron chi connectivity index (χ4n) is 1.12. The van der Waals surface area contributed by atoms with Crippen LogP contribution >= 0.6 is 0 Å². The number of ether oxygens (including phenoxy) is 2. The van der Waals surface area contributed by atoms with E-state index in [-0.39, 0.29) is 5.97 Å². The molecule has 0 heterocycles. The number of hydrogen-bond acceptors (Lipinski definition) is 3. The van der Waals surface area contributed by atoms with Gasteiger partial charge in [-0.25, -0.2) is 4.79 Å². The van der Waals surface area contributed by atoms with E-state index in [9.17, 15) is 4.79 Å². The van der Waals surface area contributed by atoms with E-state index < -0.39 is 0 Å².